The monoisotopic (exact) mass is 344 g/mol. The molecular formula is C20H28N2O3. The Labute approximate surface area is 149 Å². The number of nitrogens with zero attached hydrogens (tertiary/aromatic N) is 2. The van der Waals surface area contributed by atoms with Gasteiger partial charge in [-0.25, -0.2) is 4.79 Å². The number of carbonyl (C=O) groups excluding carboxylic acids is 2. The summed E-state index contributed by atoms with van der Waals surface area (Å²) in [6.45, 7) is 8.85. The van der Waals surface area contributed by atoms with Crippen LogP contribution in [-0.2, 0) is 27.3 Å². The molecule has 1 fully saturated rings. The van der Waals surface area contributed by atoms with Crippen molar-refractivity contribution in [2.24, 2.45) is 5.92 Å². The normalized spacial score (nSPS) is 24.4. The molecule has 0 aliphatic carbocycles. The number of amides is 1. The first-order chi connectivity index (χ1) is 11.8. The molecule has 0 aromatic heterocycles. The fourth-order valence-electron chi connectivity index (χ4n) is 4.30. The molecule has 5 nitrogen and oxygen atoms in total. The van der Waals surface area contributed by atoms with Crippen LogP contribution in [0.3, 0.4) is 0 Å². The van der Waals surface area contributed by atoms with Gasteiger partial charge in [-0.3, -0.25) is 9.69 Å². The molecule has 1 unspecified atom stereocenters. The van der Waals surface area contributed by atoms with Crippen LogP contribution in [0.15, 0.2) is 24.3 Å². The first-order valence-electron chi connectivity index (χ1n) is 9.07. The standard InChI is InChI=1S/C20H28N2O3/c1-6-13(2)17(19(24)25-5)22-18(23)16-11-14-9-7-8-10-15(14)12-21(16)20(22,3)4/h7-10,13,16-17H,6,11-12H2,1-5H3/t13?,16-,17-/m0/s1. The highest BCUT2D eigenvalue weighted by Crippen LogP contribution is 2.41. The zero-order valence-electron chi connectivity index (χ0n) is 15.8. The summed E-state index contributed by atoms with van der Waals surface area (Å²) in [7, 11) is 1.40. The van der Waals surface area contributed by atoms with Gasteiger partial charge in [-0.1, -0.05) is 44.5 Å². The van der Waals surface area contributed by atoms with Crippen molar-refractivity contribution in [3.8, 4) is 0 Å². The van der Waals surface area contributed by atoms with Crippen molar-refractivity contribution < 1.29 is 14.3 Å². The molecule has 0 N–H and O–H groups in total. The van der Waals surface area contributed by atoms with E-state index in [0.29, 0.717) is 6.42 Å². The summed E-state index contributed by atoms with van der Waals surface area (Å²) in [6.07, 6.45) is 1.51. The average Bonchev–Trinajstić information content (AvgIpc) is 2.80. The molecule has 2 heterocycles. The molecule has 0 spiro atoms. The largest absolute Gasteiger partial charge is 0.467 e. The number of benzene rings is 1. The quantitative estimate of drug-likeness (QED) is 0.788. The van der Waals surface area contributed by atoms with Crippen molar-refractivity contribution in [3.63, 3.8) is 0 Å². The van der Waals surface area contributed by atoms with Gasteiger partial charge in [0.2, 0.25) is 5.91 Å². The molecule has 5 heteroatoms. The molecule has 1 amide bonds. The van der Waals surface area contributed by atoms with Gasteiger partial charge in [-0.15, -0.1) is 0 Å². The summed E-state index contributed by atoms with van der Waals surface area (Å²) < 4.78 is 5.05. The second-order valence-electron chi connectivity index (χ2n) is 7.67. The van der Waals surface area contributed by atoms with Gasteiger partial charge in [0.05, 0.1) is 18.8 Å². The maximum atomic E-state index is 13.3. The number of ether oxygens (including phenoxy) is 1. The maximum absolute atomic E-state index is 13.3. The summed E-state index contributed by atoms with van der Waals surface area (Å²) >= 11 is 0. The lowest BCUT2D eigenvalue weighted by atomic mass is 9.94. The minimum atomic E-state index is -0.550. The van der Waals surface area contributed by atoms with Crippen LogP contribution in [0.4, 0.5) is 0 Å². The van der Waals surface area contributed by atoms with Crippen molar-refractivity contribution in [1.82, 2.24) is 9.80 Å². The zero-order valence-corrected chi connectivity index (χ0v) is 15.8. The van der Waals surface area contributed by atoms with Gasteiger partial charge >= 0.3 is 5.97 Å². The molecule has 1 saturated heterocycles. The topological polar surface area (TPSA) is 49.9 Å². The fourth-order valence-corrected chi connectivity index (χ4v) is 4.30. The van der Waals surface area contributed by atoms with Gasteiger partial charge in [0.25, 0.3) is 0 Å². The van der Waals surface area contributed by atoms with Gasteiger partial charge in [-0.05, 0) is 37.3 Å². The number of fused-ring (bicyclic) bond motifs is 2. The number of rotatable bonds is 4. The SMILES string of the molecule is CCC(C)[C@@H](C(=O)OC)N1C(=O)[C@@H]2Cc3ccccc3CN2C1(C)C. The number of carbonyl (C=O) groups is 2. The zero-order chi connectivity index (χ0) is 18.4. The molecule has 25 heavy (non-hydrogen) atoms. The number of hydrogen-bond acceptors (Lipinski definition) is 4. The van der Waals surface area contributed by atoms with Gasteiger partial charge in [0.1, 0.15) is 6.04 Å². The summed E-state index contributed by atoms with van der Waals surface area (Å²) in [5.74, 6) is -0.247. The van der Waals surface area contributed by atoms with Crippen LogP contribution in [-0.4, -0.2) is 46.5 Å². The van der Waals surface area contributed by atoms with E-state index in [1.54, 1.807) is 4.90 Å². The molecule has 2 aliphatic rings. The molecule has 3 rings (SSSR count). The predicted molar refractivity (Wildman–Crippen MR) is 95.7 cm³/mol. The maximum Gasteiger partial charge on any atom is 0.328 e. The second kappa shape index (κ2) is 6.45. The van der Waals surface area contributed by atoms with E-state index in [-0.39, 0.29) is 23.8 Å². The smallest absolute Gasteiger partial charge is 0.328 e. The van der Waals surface area contributed by atoms with Crippen LogP contribution < -0.4 is 0 Å². The Morgan fingerprint density at radius 1 is 1.32 bits per heavy atom. The minimum Gasteiger partial charge on any atom is -0.467 e. The Morgan fingerprint density at radius 2 is 1.96 bits per heavy atom. The van der Waals surface area contributed by atoms with Crippen LogP contribution in [0.25, 0.3) is 0 Å². The molecule has 136 valence electrons. The van der Waals surface area contributed by atoms with Crippen LogP contribution >= 0.6 is 0 Å². The van der Waals surface area contributed by atoms with Crippen LogP contribution in [0, 0.1) is 5.92 Å². The highest BCUT2D eigenvalue weighted by Gasteiger charge is 2.56. The molecular weight excluding hydrogens is 316 g/mol. The molecule has 0 saturated carbocycles. The third kappa shape index (κ3) is 2.74. The van der Waals surface area contributed by atoms with Crippen LogP contribution in [0.5, 0.6) is 0 Å². The van der Waals surface area contributed by atoms with Crippen molar-refractivity contribution >= 4 is 11.9 Å². The number of esters is 1. The molecule has 2 aliphatic heterocycles. The third-order valence-corrected chi connectivity index (χ3v) is 5.97. The van der Waals surface area contributed by atoms with E-state index in [9.17, 15) is 9.59 Å². The van der Waals surface area contributed by atoms with Crippen LogP contribution in [0.2, 0.25) is 0 Å². The highest BCUT2D eigenvalue weighted by atomic mass is 16.5. The third-order valence-electron chi connectivity index (χ3n) is 5.97. The lowest BCUT2D eigenvalue weighted by molar-refractivity contribution is -0.158. The van der Waals surface area contributed by atoms with Gasteiger partial charge < -0.3 is 9.64 Å². The second-order valence-corrected chi connectivity index (χ2v) is 7.67. The first kappa shape index (κ1) is 17.9. The van der Waals surface area contributed by atoms with E-state index in [2.05, 4.69) is 17.0 Å². The lowest BCUT2D eigenvalue weighted by Crippen LogP contribution is -2.58. The van der Waals surface area contributed by atoms with E-state index < -0.39 is 11.7 Å². The van der Waals surface area contributed by atoms with Crippen molar-refractivity contribution in [2.75, 3.05) is 7.11 Å². The Kier molecular flexibility index (Phi) is 4.62. The van der Waals surface area contributed by atoms with E-state index in [1.165, 1.54) is 18.2 Å². The average molecular weight is 344 g/mol. The van der Waals surface area contributed by atoms with Gasteiger partial charge in [0, 0.05) is 6.54 Å². The summed E-state index contributed by atoms with van der Waals surface area (Å²) in [5.41, 5.74) is 1.96. The number of hydrogen-bond donors (Lipinski definition) is 0. The molecule has 0 radical (unpaired) electrons. The Bertz CT molecular complexity index is 685. The van der Waals surface area contributed by atoms with E-state index >= 15 is 0 Å². The van der Waals surface area contributed by atoms with E-state index in [4.69, 9.17) is 4.74 Å². The van der Waals surface area contributed by atoms with Crippen LogP contribution in [0.1, 0.15) is 45.2 Å². The number of methoxy groups -OCH3 is 1. The van der Waals surface area contributed by atoms with Crippen molar-refractivity contribution in [3.05, 3.63) is 35.4 Å². The van der Waals surface area contributed by atoms with Crippen molar-refractivity contribution in [1.29, 1.82) is 0 Å². The predicted octanol–water partition coefficient (Wildman–Crippen LogP) is 2.58. The molecule has 1 aromatic carbocycles. The van der Waals surface area contributed by atoms with Gasteiger partial charge in [0.15, 0.2) is 0 Å². The molecule has 0 bridgehead atoms. The highest BCUT2D eigenvalue weighted by molar-refractivity contribution is 5.90. The minimum absolute atomic E-state index is 0.0372. The summed E-state index contributed by atoms with van der Waals surface area (Å²) in [6, 6.07) is 7.53. The Balaban J connectivity index is 2.00. The van der Waals surface area contributed by atoms with E-state index in [0.717, 1.165) is 13.0 Å². The fraction of sp³-hybridized carbons (Fsp3) is 0.600. The van der Waals surface area contributed by atoms with Gasteiger partial charge in [-0.2, -0.15) is 0 Å². The van der Waals surface area contributed by atoms with E-state index in [1.807, 2.05) is 39.8 Å². The summed E-state index contributed by atoms with van der Waals surface area (Å²) in [4.78, 5) is 29.9. The Hall–Kier alpha value is -1.88. The molecule has 3 atom stereocenters. The molecule has 1 aromatic rings. The lowest BCUT2D eigenvalue weighted by Gasteiger charge is -2.44. The summed E-state index contributed by atoms with van der Waals surface area (Å²) in [5, 5.41) is 0. The van der Waals surface area contributed by atoms with Crippen molar-refractivity contribution in [2.45, 2.75) is 64.8 Å². The first-order valence-corrected chi connectivity index (χ1v) is 9.07. The Morgan fingerprint density at radius 3 is 2.56 bits per heavy atom.